The smallest absolute Gasteiger partial charge is 0.165 e. The molecule has 0 bridgehead atoms. The number of nitrogens with zero attached hydrogens (tertiary/aromatic N) is 3. The van der Waals surface area contributed by atoms with Crippen molar-refractivity contribution < 1.29 is 9.15 Å². The first-order chi connectivity index (χ1) is 24.2. The summed E-state index contributed by atoms with van der Waals surface area (Å²) < 4.78 is 12.7. The summed E-state index contributed by atoms with van der Waals surface area (Å²) in [6, 6.07) is 43.3. The van der Waals surface area contributed by atoms with Crippen LogP contribution < -0.4 is 4.74 Å². The zero-order valence-electron chi connectivity index (χ0n) is 26.5. The third-order valence-electron chi connectivity index (χ3n) is 8.93. The number of hydrogen-bond donors (Lipinski definition) is 0. The Kier molecular flexibility index (Phi) is 6.95. The van der Waals surface area contributed by atoms with Crippen LogP contribution in [0.4, 0.5) is 0 Å². The van der Waals surface area contributed by atoms with Gasteiger partial charge in [-0.15, -0.1) is 0 Å². The quantitative estimate of drug-likeness (QED) is 0.193. The van der Waals surface area contributed by atoms with Crippen molar-refractivity contribution in [3.8, 4) is 51.0 Å². The zero-order chi connectivity index (χ0) is 32.7. The molecule has 1 aliphatic heterocycles. The van der Waals surface area contributed by atoms with Crippen molar-refractivity contribution in [3.63, 3.8) is 0 Å². The molecule has 0 N–H and O–H groups in total. The lowest BCUT2D eigenvalue weighted by Gasteiger charge is -2.16. The fourth-order valence-electron chi connectivity index (χ4n) is 6.55. The lowest BCUT2D eigenvalue weighted by atomic mass is 9.93. The molecule has 3 heterocycles. The summed E-state index contributed by atoms with van der Waals surface area (Å²) in [5, 5.41) is 4.22. The molecule has 1 aliphatic rings. The number of rotatable bonds is 4. The van der Waals surface area contributed by atoms with Gasteiger partial charge in [-0.2, -0.15) is 0 Å². The number of fused-ring (bicyclic) bond motifs is 5. The molecule has 0 saturated heterocycles. The first-order valence-electron chi connectivity index (χ1n) is 16.3. The number of benzene rings is 6. The third-order valence-corrected chi connectivity index (χ3v) is 8.93. The molecule has 0 atom stereocenters. The molecule has 0 fully saturated rings. The van der Waals surface area contributed by atoms with Gasteiger partial charge in [0.1, 0.15) is 22.7 Å². The Labute approximate surface area is 283 Å². The number of para-hydroxylation sites is 1. The van der Waals surface area contributed by atoms with E-state index in [2.05, 4.69) is 73.3 Å². The van der Waals surface area contributed by atoms with Gasteiger partial charge in [0.25, 0.3) is 0 Å². The normalized spacial score (nSPS) is 14.2. The largest absolute Gasteiger partial charge is 0.458 e. The summed E-state index contributed by atoms with van der Waals surface area (Å²) in [5.74, 6) is 3.09. The van der Waals surface area contributed by atoms with Gasteiger partial charge in [0.05, 0.1) is 0 Å². The molecule has 0 spiro atoms. The molecular weight excluding hydrogens is 603 g/mol. The molecule has 0 aliphatic carbocycles. The Morgan fingerprint density at radius 2 is 1.33 bits per heavy atom. The van der Waals surface area contributed by atoms with Crippen molar-refractivity contribution in [1.82, 2.24) is 15.0 Å². The number of allylic oxidation sites excluding steroid dienone is 4. The Morgan fingerprint density at radius 1 is 0.571 bits per heavy atom. The highest BCUT2D eigenvalue weighted by molar-refractivity contribution is 6.15. The Bertz CT molecular complexity index is 2630. The first-order valence-corrected chi connectivity index (χ1v) is 16.3. The first kappa shape index (κ1) is 28.6. The molecule has 0 unspecified atom stereocenters. The van der Waals surface area contributed by atoms with Crippen molar-refractivity contribution in [2.45, 2.75) is 6.42 Å². The minimum absolute atomic E-state index is 0.559. The highest BCUT2D eigenvalue weighted by atomic mass is 16.5. The van der Waals surface area contributed by atoms with Crippen LogP contribution in [-0.4, -0.2) is 15.0 Å². The standard InChI is InChI=1S/C44H29N3O2/c1-28-12-4-2-5-14-30-21-22-33(27-39(30)48-28)35-24-25-38-40(36-18-10-11-19-37(36)49-38)41(35)44-46-42(31-15-6-3-7-16-31)45-43(47-44)34-23-20-29-13-8-9-17-32(29)26-34/h2-13,15-27H,1,14H2/b5-2-,12-4-. The van der Waals surface area contributed by atoms with Gasteiger partial charge < -0.3 is 9.15 Å². The van der Waals surface area contributed by atoms with Crippen molar-refractivity contribution in [2.24, 2.45) is 0 Å². The highest BCUT2D eigenvalue weighted by Gasteiger charge is 2.23. The van der Waals surface area contributed by atoms with E-state index in [4.69, 9.17) is 24.1 Å². The fourth-order valence-corrected chi connectivity index (χ4v) is 6.55. The van der Waals surface area contributed by atoms with E-state index in [9.17, 15) is 0 Å². The van der Waals surface area contributed by atoms with Crippen LogP contribution in [0.15, 0.2) is 168 Å². The molecule has 9 rings (SSSR count). The average Bonchev–Trinajstić information content (AvgIpc) is 3.57. The van der Waals surface area contributed by atoms with E-state index in [0.717, 1.165) is 78.3 Å². The second kappa shape index (κ2) is 11.9. The second-order valence-corrected chi connectivity index (χ2v) is 12.1. The molecule has 8 aromatic rings. The maximum absolute atomic E-state index is 6.41. The monoisotopic (exact) mass is 631 g/mol. The average molecular weight is 632 g/mol. The van der Waals surface area contributed by atoms with Crippen LogP contribution >= 0.6 is 0 Å². The van der Waals surface area contributed by atoms with E-state index >= 15 is 0 Å². The summed E-state index contributed by atoms with van der Waals surface area (Å²) in [6.45, 7) is 4.11. The van der Waals surface area contributed by atoms with Gasteiger partial charge in [-0.05, 0) is 70.3 Å². The number of ether oxygens (including phenoxy) is 1. The van der Waals surface area contributed by atoms with Gasteiger partial charge in [-0.1, -0.05) is 122 Å². The van der Waals surface area contributed by atoms with Gasteiger partial charge in [0.15, 0.2) is 17.5 Å². The molecule has 6 aromatic carbocycles. The molecule has 49 heavy (non-hydrogen) atoms. The van der Waals surface area contributed by atoms with Gasteiger partial charge in [-0.25, -0.2) is 15.0 Å². The predicted molar refractivity (Wildman–Crippen MR) is 198 cm³/mol. The Morgan fingerprint density at radius 3 is 2.22 bits per heavy atom. The molecule has 5 nitrogen and oxygen atoms in total. The van der Waals surface area contributed by atoms with E-state index in [1.54, 1.807) is 0 Å². The molecule has 0 radical (unpaired) electrons. The summed E-state index contributed by atoms with van der Waals surface area (Å²) in [7, 11) is 0. The molecule has 0 saturated carbocycles. The van der Waals surface area contributed by atoms with Crippen LogP contribution in [0, 0.1) is 0 Å². The summed E-state index contributed by atoms with van der Waals surface area (Å²) in [5.41, 5.74) is 7.25. The maximum Gasteiger partial charge on any atom is 0.165 e. The van der Waals surface area contributed by atoms with E-state index in [1.165, 1.54) is 0 Å². The Balaban J connectivity index is 1.33. The van der Waals surface area contributed by atoms with Crippen LogP contribution in [0.3, 0.4) is 0 Å². The van der Waals surface area contributed by atoms with Crippen LogP contribution in [0.25, 0.3) is 78.0 Å². The summed E-state index contributed by atoms with van der Waals surface area (Å²) >= 11 is 0. The summed E-state index contributed by atoms with van der Waals surface area (Å²) in [6.07, 6.45) is 8.71. The molecule has 5 heteroatoms. The lowest BCUT2D eigenvalue weighted by Crippen LogP contribution is -2.02. The molecule has 2 aromatic heterocycles. The fraction of sp³-hybridized carbons (Fsp3) is 0.0227. The van der Waals surface area contributed by atoms with Crippen molar-refractivity contribution in [3.05, 3.63) is 170 Å². The van der Waals surface area contributed by atoms with Gasteiger partial charge >= 0.3 is 0 Å². The van der Waals surface area contributed by atoms with Gasteiger partial charge in [0, 0.05) is 27.5 Å². The number of furan rings is 1. The van der Waals surface area contributed by atoms with E-state index in [0.29, 0.717) is 23.2 Å². The maximum atomic E-state index is 6.41. The van der Waals surface area contributed by atoms with Crippen molar-refractivity contribution in [1.29, 1.82) is 0 Å². The van der Waals surface area contributed by atoms with Crippen LogP contribution in [0.2, 0.25) is 0 Å². The van der Waals surface area contributed by atoms with Crippen LogP contribution in [-0.2, 0) is 6.42 Å². The number of hydrogen-bond acceptors (Lipinski definition) is 5. The minimum Gasteiger partial charge on any atom is -0.458 e. The third kappa shape index (κ3) is 5.28. The van der Waals surface area contributed by atoms with Gasteiger partial charge in [0.2, 0.25) is 0 Å². The van der Waals surface area contributed by atoms with E-state index in [-0.39, 0.29) is 0 Å². The predicted octanol–water partition coefficient (Wildman–Crippen LogP) is 11.2. The summed E-state index contributed by atoms with van der Waals surface area (Å²) in [4.78, 5) is 15.5. The Hall–Kier alpha value is -6.59. The second-order valence-electron chi connectivity index (χ2n) is 12.1. The molecule has 0 amide bonds. The van der Waals surface area contributed by atoms with Crippen molar-refractivity contribution >= 4 is 32.7 Å². The van der Waals surface area contributed by atoms with Crippen LogP contribution in [0.1, 0.15) is 5.56 Å². The van der Waals surface area contributed by atoms with E-state index < -0.39 is 0 Å². The topological polar surface area (TPSA) is 61.0 Å². The number of aromatic nitrogens is 3. The highest BCUT2D eigenvalue weighted by Crippen LogP contribution is 2.43. The van der Waals surface area contributed by atoms with Crippen molar-refractivity contribution in [2.75, 3.05) is 0 Å². The molecule has 232 valence electrons. The van der Waals surface area contributed by atoms with E-state index in [1.807, 2.05) is 85.0 Å². The minimum atomic E-state index is 0.559. The van der Waals surface area contributed by atoms with Crippen LogP contribution in [0.5, 0.6) is 5.75 Å². The van der Waals surface area contributed by atoms with Gasteiger partial charge in [-0.3, -0.25) is 0 Å². The molecular formula is C44H29N3O2. The lowest BCUT2D eigenvalue weighted by molar-refractivity contribution is 0.443. The zero-order valence-corrected chi connectivity index (χ0v) is 26.5. The SMILES string of the molecule is C=C1/C=C\C=C/Cc2ccc(-c3ccc4oc5ccccc5c4c3-c3nc(-c4ccccc4)nc(-c4ccc5ccccc5c4)n3)cc2O1.